The van der Waals surface area contributed by atoms with Crippen LogP contribution in [0.15, 0.2) is 22.6 Å². The van der Waals surface area contributed by atoms with Crippen LogP contribution in [0.3, 0.4) is 0 Å². The van der Waals surface area contributed by atoms with Crippen LogP contribution in [-0.2, 0) is 0 Å². The molecule has 0 aliphatic carbocycles. The van der Waals surface area contributed by atoms with Gasteiger partial charge in [0.25, 0.3) is 5.91 Å². The maximum atomic E-state index is 12.4. The topological polar surface area (TPSA) is 74.2 Å². The van der Waals surface area contributed by atoms with Crippen molar-refractivity contribution in [3.8, 4) is 11.5 Å². The minimum Gasteiger partial charge on any atom is -0.460 e. The number of carbonyl (C=O) groups is 1. The fourth-order valence-electron chi connectivity index (χ4n) is 3.51. The number of carbonyl (C=O) groups excluding carboxylic acids is 1. The Hall–Kier alpha value is -2.08. The van der Waals surface area contributed by atoms with Crippen LogP contribution in [0.1, 0.15) is 29.1 Å². The molecule has 6 heteroatoms. The van der Waals surface area contributed by atoms with Crippen LogP contribution in [0.25, 0.3) is 11.5 Å². The molecular weight excluding hydrogens is 280 g/mol. The van der Waals surface area contributed by atoms with E-state index >= 15 is 0 Å². The molecule has 22 heavy (non-hydrogen) atoms. The molecular formula is C16H20N4O2. The van der Waals surface area contributed by atoms with Crippen molar-refractivity contribution in [2.45, 2.75) is 25.8 Å². The molecule has 116 valence electrons. The van der Waals surface area contributed by atoms with E-state index < -0.39 is 0 Å². The van der Waals surface area contributed by atoms with Crippen molar-refractivity contribution in [3.63, 3.8) is 0 Å². The zero-order valence-corrected chi connectivity index (χ0v) is 12.6. The quantitative estimate of drug-likeness (QED) is 0.906. The Morgan fingerprint density at radius 2 is 2.23 bits per heavy atom. The summed E-state index contributed by atoms with van der Waals surface area (Å²) in [5.74, 6) is 2.04. The van der Waals surface area contributed by atoms with Crippen molar-refractivity contribution < 1.29 is 9.21 Å². The molecule has 3 aliphatic heterocycles. The standard InChI is InChI=1S/C16H20N4O2/c1-10-2-3-15(22-10)12-8-13(19-18-12)16(21)17-14-9-20-6-4-11(14)5-7-20/h2-3,8,11,14H,4-7,9H2,1H3,(H,17,21)(H,18,19)/t14-/m0/s1. The van der Waals surface area contributed by atoms with Crippen LogP contribution in [0, 0.1) is 12.8 Å². The second-order valence-corrected chi connectivity index (χ2v) is 6.30. The van der Waals surface area contributed by atoms with E-state index in [4.69, 9.17) is 4.42 Å². The van der Waals surface area contributed by atoms with Crippen LogP contribution >= 0.6 is 0 Å². The maximum Gasteiger partial charge on any atom is 0.272 e. The molecule has 0 saturated carbocycles. The molecule has 3 saturated heterocycles. The number of hydrogen-bond donors (Lipinski definition) is 2. The van der Waals surface area contributed by atoms with Crippen molar-refractivity contribution >= 4 is 5.91 Å². The lowest BCUT2D eigenvalue weighted by Gasteiger charge is -2.44. The average molecular weight is 300 g/mol. The van der Waals surface area contributed by atoms with Gasteiger partial charge in [-0.1, -0.05) is 0 Å². The largest absolute Gasteiger partial charge is 0.460 e. The molecule has 0 spiro atoms. The maximum absolute atomic E-state index is 12.4. The summed E-state index contributed by atoms with van der Waals surface area (Å²) in [6.45, 7) is 5.19. The lowest BCUT2D eigenvalue weighted by atomic mass is 9.84. The van der Waals surface area contributed by atoms with Gasteiger partial charge in [-0.15, -0.1) is 0 Å². The SMILES string of the molecule is Cc1ccc(-c2cc(C(=O)N[C@H]3CN4CCC3CC4)n[nH]2)o1. The molecule has 2 N–H and O–H groups in total. The molecule has 0 unspecified atom stereocenters. The van der Waals surface area contributed by atoms with Crippen molar-refractivity contribution in [1.29, 1.82) is 0 Å². The minimum atomic E-state index is -0.107. The van der Waals surface area contributed by atoms with Crippen molar-refractivity contribution in [2.24, 2.45) is 5.92 Å². The lowest BCUT2D eigenvalue weighted by Crippen LogP contribution is -2.57. The number of nitrogens with zero attached hydrogens (tertiary/aromatic N) is 2. The number of rotatable bonds is 3. The summed E-state index contributed by atoms with van der Waals surface area (Å²) in [6.07, 6.45) is 2.37. The number of furan rings is 1. The summed E-state index contributed by atoms with van der Waals surface area (Å²) >= 11 is 0. The molecule has 5 rings (SSSR count). The van der Waals surface area contributed by atoms with E-state index in [0.29, 0.717) is 17.4 Å². The van der Waals surface area contributed by atoms with Gasteiger partial charge >= 0.3 is 0 Å². The highest BCUT2D eigenvalue weighted by Crippen LogP contribution is 2.27. The van der Waals surface area contributed by atoms with E-state index in [1.807, 2.05) is 19.1 Å². The Kier molecular flexibility index (Phi) is 3.26. The van der Waals surface area contributed by atoms with Gasteiger partial charge in [0.1, 0.15) is 11.5 Å². The van der Waals surface area contributed by atoms with Crippen molar-refractivity contribution in [1.82, 2.24) is 20.4 Å². The van der Waals surface area contributed by atoms with Crippen LogP contribution in [0.4, 0.5) is 0 Å². The number of hydrogen-bond acceptors (Lipinski definition) is 4. The molecule has 3 fully saturated rings. The van der Waals surface area contributed by atoms with Crippen molar-refractivity contribution in [2.75, 3.05) is 19.6 Å². The Morgan fingerprint density at radius 3 is 2.86 bits per heavy atom. The molecule has 2 aromatic rings. The highest BCUT2D eigenvalue weighted by Gasteiger charge is 2.35. The summed E-state index contributed by atoms with van der Waals surface area (Å²) in [5, 5.41) is 10.1. The molecule has 1 amide bonds. The van der Waals surface area contributed by atoms with E-state index in [0.717, 1.165) is 18.0 Å². The normalized spacial score (nSPS) is 27.0. The third kappa shape index (κ3) is 2.43. The molecule has 0 radical (unpaired) electrons. The number of amides is 1. The van der Waals surface area contributed by atoms with Crippen LogP contribution in [0.5, 0.6) is 0 Å². The number of nitrogens with one attached hydrogen (secondary N) is 2. The summed E-state index contributed by atoms with van der Waals surface area (Å²) in [7, 11) is 0. The van der Waals surface area contributed by atoms with Gasteiger partial charge in [-0.3, -0.25) is 9.89 Å². The van der Waals surface area contributed by atoms with E-state index in [1.165, 1.54) is 25.9 Å². The monoisotopic (exact) mass is 300 g/mol. The van der Waals surface area contributed by atoms with Crippen LogP contribution in [-0.4, -0.2) is 46.7 Å². The number of aromatic amines is 1. The number of aryl methyl sites for hydroxylation is 1. The molecule has 0 aromatic carbocycles. The van der Waals surface area contributed by atoms with Crippen LogP contribution < -0.4 is 5.32 Å². The molecule has 6 nitrogen and oxygen atoms in total. The number of fused-ring (bicyclic) bond motifs is 3. The Balaban J connectivity index is 1.46. The summed E-state index contributed by atoms with van der Waals surface area (Å²) in [5.41, 5.74) is 1.15. The first kappa shape index (κ1) is 13.6. The van der Waals surface area contributed by atoms with E-state index in [2.05, 4.69) is 20.4 Å². The minimum absolute atomic E-state index is 0.107. The first-order valence-electron chi connectivity index (χ1n) is 7.84. The summed E-state index contributed by atoms with van der Waals surface area (Å²) < 4.78 is 5.54. The van der Waals surface area contributed by atoms with E-state index in [-0.39, 0.29) is 11.9 Å². The molecule has 1 atom stereocenters. The number of aromatic nitrogens is 2. The Morgan fingerprint density at radius 1 is 1.41 bits per heavy atom. The fraction of sp³-hybridized carbons (Fsp3) is 0.500. The lowest BCUT2D eigenvalue weighted by molar-refractivity contribution is 0.0618. The third-order valence-corrected chi connectivity index (χ3v) is 4.79. The van der Waals surface area contributed by atoms with Gasteiger partial charge in [-0.05, 0) is 50.9 Å². The first-order chi connectivity index (χ1) is 10.7. The highest BCUT2D eigenvalue weighted by atomic mass is 16.3. The number of piperidine rings is 3. The molecule has 2 bridgehead atoms. The molecule has 5 heterocycles. The van der Waals surface area contributed by atoms with E-state index in [1.54, 1.807) is 6.07 Å². The van der Waals surface area contributed by atoms with E-state index in [9.17, 15) is 4.79 Å². The average Bonchev–Trinajstić information content (AvgIpc) is 3.17. The van der Waals surface area contributed by atoms with Gasteiger partial charge in [-0.2, -0.15) is 5.10 Å². The zero-order chi connectivity index (χ0) is 15.1. The molecule has 3 aliphatic rings. The number of H-pyrrole nitrogens is 1. The van der Waals surface area contributed by atoms with Gasteiger partial charge in [0.05, 0.1) is 0 Å². The second kappa shape index (κ2) is 5.28. The van der Waals surface area contributed by atoms with Gasteiger partial charge in [-0.25, -0.2) is 0 Å². The highest BCUT2D eigenvalue weighted by molar-refractivity contribution is 5.93. The predicted octanol–water partition coefficient (Wildman–Crippen LogP) is 1.80. The Labute approximate surface area is 128 Å². The van der Waals surface area contributed by atoms with Crippen molar-refractivity contribution in [3.05, 3.63) is 29.7 Å². The fourth-order valence-corrected chi connectivity index (χ4v) is 3.51. The second-order valence-electron chi connectivity index (χ2n) is 6.30. The van der Waals surface area contributed by atoms with Gasteiger partial charge in [0.2, 0.25) is 0 Å². The van der Waals surface area contributed by atoms with Gasteiger partial charge in [0, 0.05) is 18.7 Å². The predicted molar refractivity (Wildman–Crippen MR) is 81.4 cm³/mol. The van der Waals surface area contributed by atoms with Crippen LogP contribution in [0.2, 0.25) is 0 Å². The summed E-state index contributed by atoms with van der Waals surface area (Å²) in [6, 6.07) is 5.76. The third-order valence-electron chi connectivity index (χ3n) is 4.79. The van der Waals surface area contributed by atoms with Gasteiger partial charge < -0.3 is 14.6 Å². The van der Waals surface area contributed by atoms with Gasteiger partial charge in [0.15, 0.2) is 11.5 Å². The first-order valence-corrected chi connectivity index (χ1v) is 7.84. The Bertz CT molecular complexity index is 682. The molecule has 2 aromatic heterocycles. The zero-order valence-electron chi connectivity index (χ0n) is 12.6. The smallest absolute Gasteiger partial charge is 0.272 e. The summed E-state index contributed by atoms with van der Waals surface area (Å²) in [4.78, 5) is 14.8.